The van der Waals surface area contributed by atoms with Gasteiger partial charge in [-0.05, 0) is 64.2 Å². The van der Waals surface area contributed by atoms with Crippen LogP contribution >= 0.6 is 11.3 Å². The number of aromatic nitrogens is 2. The second-order valence-electron chi connectivity index (χ2n) is 14.5. The first-order valence-corrected chi connectivity index (χ1v) is 19.1. The van der Waals surface area contributed by atoms with E-state index in [-0.39, 0.29) is 31.1 Å². The smallest absolute Gasteiger partial charge is 0.324 e. The number of aliphatic imine (C=N–C) groups is 1. The molecule has 3 amide bonds. The molecule has 2 fully saturated rings. The number of likely N-dealkylation sites (tertiary alicyclic amines) is 1. The number of esters is 1. The summed E-state index contributed by atoms with van der Waals surface area (Å²) in [5.74, 6) is -0.708. The highest BCUT2D eigenvalue weighted by Crippen LogP contribution is 2.40. The lowest BCUT2D eigenvalue weighted by atomic mass is 9.84. The third-order valence-electron chi connectivity index (χ3n) is 10.2. The number of carbonyl (C=O) groups is 3. The van der Waals surface area contributed by atoms with Crippen molar-refractivity contribution >= 4 is 51.9 Å². The van der Waals surface area contributed by atoms with E-state index < -0.39 is 23.5 Å². The molecule has 6 rings (SSSR count). The Morgan fingerprint density at radius 3 is 2.73 bits per heavy atom. The highest BCUT2D eigenvalue weighted by molar-refractivity contribution is 7.10. The van der Waals surface area contributed by atoms with E-state index in [1.807, 2.05) is 25.3 Å². The molecule has 2 N–H and O–H groups in total. The van der Waals surface area contributed by atoms with E-state index >= 15 is 0 Å². The number of amides is 3. The number of nitrogens with one attached hydrogen (secondary N) is 2. The number of fused-ring (bicyclic) bond motifs is 6. The molecule has 1 aromatic carbocycles. The van der Waals surface area contributed by atoms with Crippen molar-refractivity contribution < 1.29 is 23.9 Å². The molecule has 2 aromatic heterocycles. The molecule has 12 nitrogen and oxygen atoms in total. The fourth-order valence-electron chi connectivity index (χ4n) is 7.24. The highest BCUT2D eigenvalue weighted by Gasteiger charge is 2.36. The number of ether oxygens (including phenoxy) is 2. The molecule has 3 aliphatic rings. The van der Waals surface area contributed by atoms with E-state index in [1.54, 1.807) is 18.2 Å². The molecule has 0 spiro atoms. The zero-order chi connectivity index (χ0) is 37.2. The van der Waals surface area contributed by atoms with Crippen LogP contribution in [0.5, 0.6) is 0 Å². The molecule has 5 heterocycles. The molecule has 52 heavy (non-hydrogen) atoms. The van der Waals surface area contributed by atoms with Crippen molar-refractivity contribution in [2.75, 3.05) is 33.4 Å². The summed E-state index contributed by atoms with van der Waals surface area (Å²) in [7, 11) is 1.68. The molecule has 3 aromatic rings. The van der Waals surface area contributed by atoms with Crippen molar-refractivity contribution in [2.24, 2.45) is 10.4 Å². The number of allylic oxidation sites excluding steroid dienone is 2. The predicted octanol–water partition coefficient (Wildman–Crippen LogP) is 5.75. The molecule has 3 atom stereocenters. The molecular weight excluding hydrogens is 679 g/mol. The molecule has 0 radical (unpaired) electrons. The number of carbonyl (C=O) groups excluding carboxylic acids is 3. The molecule has 0 unspecified atom stereocenters. The Hall–Kier alpha value is -4.33. The van der Waals surface area contributed by atoms with E-state index in [9.17, 15) is 14.4 Å². The number of cyclic esters (lactones) is 1. The summed E-state index contributed by atoms with van der Waals surface area (Å²) in [5, 5.41) is 8.24. The maximum atomic E-state index is 14.0. The Balaban J connectivity index is 1.51. The van der Waals surface area contributed by atoms with Gasteiger partial charge in [0.1, 0.15) is 12.1 Å². The van der Waals surface area contributed by atoms with E-state index in [4.69, 9.17) is 19.5 Å². The average molecular weight is 730 g/mol. The number of nitrogens with zero attached hydrogens (tertiary/aromatic N) is 5. The number of aryl methyl sites for hydroxylation is 1. The zero-order valence-electron chi connectivity index (χ0n) is 31.2. The topological polar surface area (TPSA) is 130 Å². The van der Waals surface area contributed by atoms with Crippen LogP contribution in [0.25, 0.3) is 27.7 Å². The van der Waals surface area contributed by atoms with Crippen LogP contribution in [0.15, 0.2) is 46.9 Å². The van der Waals surface area contributed by atoms with Gasteiger partial charge in [0.05, 0.1) is 34.8 Å². The maximum Gasteiger partial charge on any atom is 0.324 e. The lowest BCUT2D eigenvalue weighted by Crippen LogP contribution is -2.62. The van der Waals surface area contributed by atoms with Gasteiger partial charge in [-0.2, -0.15) is 0 Å². The fourth-order valence-corrected chi connectivity index (χ4v) is 8.09. The average Bonchev–Trinajstić information content (AvgIpc) is 3.70. The first-order chi connectivity index (χ1) is 25.0. The third-order valence-corrected chi connectivity index (χ3v) is 11.1. The number of hydrogen-bond donors (Lipinski definition) is 2. The third kappa shape index (κ3) is 7.58. The molecule has 6 bridgehead atoms. The summed E-state index contributed by atoms with van der Waals surface area (Å²) >= 11 is 1.47. The van der Waals surface area contributed by atoms with E-state index in [0.717, 1.165) is 56.1 Å². The minimum absolute atomic E-state index is 0.168. The summed E-state index contributed by atoms with van der Waals surface area (Å²) in [4.78, 5) is 52.2. The number of hydrogen-bond acceptors (Lipinski definition) is 9. The lowest BCUT2D eigenvalue weighted by molar-refractivity contribution is -0.155. The summed E-state index contributed by atoms with van der Waals surface area (Å²) < 4.78 is 14.1. The normalized spacial score (nSPS) is 22.0. The minimum Gasteiger partial charge on any atom is -0.464 e. The summed E-state index contributed by atoms with van der Waals surface area (Å²) in [5.41, 5.74) is 9.22. The number of methoxy groups -OCH3 is 1. The van der Waals surface area contributed by atoms with E-state index in [1.165, 1.54) is 16.3 Å². The number of benzene rings is 1. The van der Waals surface area contributed by atoms with E-state index in [2.05, 4.69) is 60.9 Å². The van der Waals surface area contributed by atoms with Gasteiger partial charge in [0, 0.05) is 78.8 Å². The Morgan fingerprint density at radius 1 is 1.27 bits per heavy atom. The molecule has 0 aliphatic carbocycles. The van der Waals surface area contributed by atoms with Gasteiger partial charge < -0.3 is 24.3 Å². The number of hydrazine groups is 1. The highest BCUT2D eigenvalue weighted by atomic mass is 32.1. The Morgan fingerprint density at radius 2 is 2.06 bits per heavy atom. The van der Waals surface area contributed by atoms with Crippen molar-refractivity contribution in [2.45, 2.75) is 91.5 Å². The summed E-state index contributed by atoms with van der Waals surface area (Å²) in [6.45, 7) is 17.1. The quantitative estimate of drug-likeness (QED) is 0.180. The van der Waals surface area contributed by atoms with Gasteiger partial charge >= 0.3 is 12.0 Å². The van der Waals surface area contributed by atoms with Crippen molar-refractivity contribution in [3.63, 3.8) is 0 Å². The molecule has 13 heteroatoms. The SMILES string of the molecule is C=C/C(=C(\N=CC)[C@H](C)OC)c1c2c3cc(ccc3n1CC)-c1csc(n1)C[C@H](NC(=O)N1CCC1)C(=O)N1CCC[C@H](N1)C(=O)OCC(C)(C)C2. The van der Waals surface area contributed by atoms with Crippen molar-refractivity contribution in [1.29, 1.82) is 0 Å². The van der Waals surface area contributed by atoms with Crippen molar-refractivity contribution in [3.8, 4) is 11.3 Å². The van der Waals surface area contributed by atoms with Crippen molar-refractivity contribution in [1.82, 2.24) is 30.2 Å². The van der Waals surface area contributed by atoms with Crippen LogP contribution < -0.4 is 10.7 Å². The minimum atomic E-state index is -0.860. The van der Waals surface area contributed by atoms with Crippen LogP contribution in [0.3, 0.4) is 0 Å². The number of rotatable bonds is 7. The van der Waals surface area contributed by atoms with Gasteiger partial charge in [-0.25, -0.2) is 15.2 Å². The van der Waals surface area contributed by atoms with Crippen molar-refractivity contribution in [3.05, 3.63) is 58.2 Å². The van der Waals surface area contributed by atoms with Gasteiger partial charge in [-0.15, -0.1) is 11.3 Å². The van der Waals surface area contributed by atoms with Crippen LogP contribution in [0.1, 0.15) is 70.1 Å². The van der Waals surface area contributed by atoms with Gasteiger partial charge in [0.25, 0.3) is 5.91 Å². The number of urea groups is 1. The van der Waals surface area contributed by atoms with Crippen LogP contribution in [-0.4, -0.2) is 95.1 Å². The molecule has 278 valence electrons. The Labute approximate surface area is 309 Å². The number of thiazole rings is 1. The van der Waals surface area contributed by atoms with Crippen LogP contribution in [0, 0.1) is 5.41 Å². The molecular formula is C39H51N7O5S. The monoisotopic (exact) mass is 729 g/mol. The maximum absolute atomic E-state index is 14.0. The molecule has 2 saturated heterocycles. The van der Waals surface area contributed by atoms with Crippen LogP contribution in [-0.2, 0) is 38.4 Å². The predicted molar refractivity (Wildman–Crippen MR) is 205 cm³/mol. The standard InChI is InChI=1S/C39H51N7O5S/c1-8-26(34(40-9-2)24(4)50-7)35-28-21-39(5,6)23-51-37(48)29-13-11-18-46(43-29)36(47)30(42-38(49)44-16-12-17-44)20-33-41-31(22-52-33)25-14-15-32(27(28)19-25)45(35)10-3/h8-9,14-15,19,22,24,29-30,43H,1,10-13,16-18,20-21,23H2,2-7H3,(H,42,49)/b34-26+,40-9?/t24-,29-,30-/m0/s1. The zero-order valence-corrected chi connectivity index (χ0v) is 32.0. The molecule has 0 saturated carbocycles. The first-order valence-electron chi connectivity index (χ1n) is 18.3. The fraction of sp³-hybridized carbons (Fsp3) is 0.513. The van der Waals surface area contributed by atoms with E-state index in [0.29, 0.717) is 45.4 Å². The van der Waals surface area contributed by atoms with Gasteiger partial charge in [-0.3, -0.25) is 19.6 Å². The Bertz CT molecular complexity index is 1910. The van der Waals surface area contributed by atoms with Crippen LogP contribution in [0.4, 0.5) is 4.79 Å². The van der Waals surface area contributed by atoms with Gasteiger partial charge in [0.15, 0.2) is 0 Å². The Kier molecular flexibility index (Phi) is 11.3. The summed E-state index contributed by atoms with van der Waals surface area (Å²) in [6.07, 6.45) is 6.26. The second kappa shape index (κ2) is 15.7. The van der Waals surface area contributed by atoms with Gasteiger partial charge in [0.2, 0.25) is 0 Å². The second-order valence-corrected chi connectivity index (χ2v) is 15.5. The summed E-state index contributed by atoms with van der Waals surface area (Å²) in [6, 6.07) is 4.58. The van der Waals surface area contributed by atoms with Gasteiger partial charge in [-0.1, -0.05) is 32.6 Å². The lowest BCUT2D eigenvalue weighted by Gasteiger charge is -2.37. The largest absolute Gasteiger partial charge is 0.464 e. The van der Waals surface area contributed by atoms with Crippen LogP contribution in [0.2, 0.25) is 0 Å². The first kappa shape index (κ1) is 37.4. The molecule has 3 aliphatic heterocycles.